The third-order valence-electron chi connectivity index (χ3n) is 1.70. The van der Waals surface area contributed by atoms with Gasteiger partial charge in [0.15, 0.2) is 0 Å². The van der Waals surface area contributed by atoms with Gasteiger partial charge in [0.05, 0.1) is 6.42 Å². The molecule has 0 N–H and O–H groups in total. The van der Waals surface area contributed by atoms with Gasteiger partial charge in [-0.15, -0.1) is 0 Å². The maximum absolute atomic E-state index is 11.2. The van der Waals surface area contributed by atoms with Crippen LogP contribution in [0.15, 0.2) is 30.3 Å². The Balaban J connectivity index is 2.22. The van der Waals surface area contributed by atoms with Gasteiger partial charge in [-0.1, -0.05) is 30.3 Å². The molecule has 1 aromatic rings. The Kier molecular flexibility index (Phi) is 4.94. The Labute approximate surface area is 87.8 Å². The van der Waals surface area contributed by atoms with Crippen molar-refractivity contribution in [3.63, 3.8) is 0 Å². The monoisotopic (exact) mass is 207 g/mol. The molecule has 0 unspecified atom stereocenters. The molecular weight excluding hydrogens is 196 g/mol. The highest BCUT2D eigenvalue weighted by atomic mass is 16.6. The van der Waals surface area contributed by atoms with Crippen LogP contribution >= 0.6 is 0 Å². The molecule has 4 heteroatoms. The Morgan fingerprint density at radius 3 is 2.60 bits per heavy atom. The molecule has 79 valence electrons. The highest BCUT2D eigenvalue weighted by Crippen LogP contribution is 2.00. The summed E-state index contributed by atoms with van der Waals surface area (Å²) in [6, 6.07) is 9.27. The molecule has 4 nitrogen and oxygen atoms in total. The van der Waals surface area contributed by atoms with Crippen molar-refractivity contribution in [3.05, 3.63) is 35.9 Å². The zero-order chi connectivity index (χ0) is 10.9. The zero-order valence-corrected chi connectivity index (χ0v) is 8.14. The lowest BCUT2D eigenvalue weighted by Crippen LogP contribution is -2.12. The van der Waals surface area contributed by atoms with Gasteiger partial charge in [-0.2, -0.15) is 0 Å². The largest absolute Gasteiger partial charge is 0.462 e. The molecule has 0 amide bonds. The van der Waals surface area contributed by atoms with Gasteiger partial charge in [0, 0.05) is 0 Å². The summed E-state index contributed by atoms with van der Waals surface area (Å²) in [7, 11) is 0. The van der Waals surface area contributed by atoms with Gasteiger partial charge < -0.3 is 9.47 Å². The summed E-state index contributed by atoms with van der Waals surface area (Å²) in [4.78, 5) is 20.9. The highest BCUT2D eigenvalue weighted by molar-refractivity contribution is 5.72. The lowest BCUT2D eigenvalue weighted by Gasteiger charge is -2.03. The molecule has 0 bridgehead atoms. The minimum atomic E-state index is -0.337. The summed E-state index contributed by atoms with van der Waals surface area (Å²) in [5.74, 6) is -0.337. The van der Waals surface area contributed by atoms with Crippen LogP contribution < -0.4 is 0 Å². The topological polar surface area (TPSA) is 52.6 Å². The first-order valence-corrected chi connectivity index (χ1v) is 4.51. The van der Waals surface area contributed by atoms with E-state index in [0.717, 1.165) is 5.56 Å². The first kappa shape index (κ1) is 11.2. The normalized spacial score (nSPS) is 9.33. The molecule has 0 aliphatic carbocycles. The number of hydrogen-bond donors (Lipinski definition) is 0. The maximum Gasteiger partial charge on any atom is 0.417 e. The van der Waals surface area contributed by atoms with Crippen molar-refractivity contribution < 1.29 is 19.1 Å². The van der Waals surface area contributed by atoms with Crippen molar-refractivity contribution in [2.45, 2.75) is 6.42 Å². The number of esters is 1. The SMILES string of the molecule is O=[C]OCCOC(=O)Cc1ccccc1. The number of benzene rings is 1. The standard InChI is InChI=1S/C11H11O4/c12-9-14-6-7-15-11(13)8-10-4-2-1-3-5-10/h1-5H,6-8H2. The smallest absolute Gasteiger partial charge is 0.417 e. The Morgan fingerprint density at radius 1 is 1.20 bits per heavy atom. The van der Waals surface area contributed by atoms with Crippen molar-refractivity contribution >= 4 is 12.4 Å². The van der Waals surface area contributed by atoms with Crippen molar-refractivity contribution in [2.75, 3.05) is 13.2 Å². The third kappa shape index (κ3) is 4.81. The highest BCUT2D eigenvalue weighted by Gasteiger charge is 2.03. The first-order chi connectivity index (χ1) is 7.33. The van der Waals surface area contributed by atoms with E-state index >= 15 is 0 Å². The van der Waals surface area contributed by atoms with Gasteiger partial charge in [0.1, 0.15) is 13.2 Å². The molecule has 0 aromatic heterocycles. The number of rotatable bonds is 6. The molecule has 0 spiro atoms. The van der Waals surface area contributed by atoms with Crippen LogP contribution in [0, 0.1) is 0 Å². The predicted molar refractivity (Wildman–Crippen MR) is 52.8 cm³/mol. The van der Waals surface area contributed by atoms with Crippen LogP contribution in [-0.4, -0.2) is 25.7 Å². The fourth-order valence-electron chi connectivity index (χ4n) is 1.05. The summed E-state index contributed by atoms with van der Waals surface area (Å²) in [5.41, 5.74) is 0.894. The molecule has 0 saturated carbocycles. The minimum absolute atomic E-state index is 0.0457. The summed E-state index contributed by atoms with van der Waals surface area (Å²) in [6.45, 7) is 1.37. The van der Waals surface area contributed by atoms with Gasteiger partial charge in [0.25, 0.3) is 0 Å². The lowest BCUT2D eigenvalue weighted by atomic mass is 10.2. The molecule has 0 saturated heterocycles. The third-order valence-corrected chi connectivity index (χ3v) is 1.70. The second kappa shape index (κ2) is 6.59. The maximum atomic E-state index is 11.2. The molecule has 15 heavy (non-hydrogen) atoms. The van der Waals surface area contributed by atoms with E-state index < -0.39 is 0 Å². The van der Waals surface area contributed by atoms with Crippen LogP contribution in [0.4, 0.5) is 0 Å². The van der Waals surface area contributed by atoms with Crippen LogP contribution in [0.2, 0.25) is 0 Å². The van der Waals surface area contributed by atoms with Gasteiger partial charge in [-0.25, -0.2) is 4.79 Å². The van der Waals surface area contributed by atoms with Gasteiger partial charge >= 0.3 is 12.4 Å². The molecular formula is C11H11O4. The van der Waals surface area contributed by atoms with Gasteiger partial charge in [0.2, 0.25) is 0 Å². The predicted octanol–water partition coefficient (Wildman–Crippen LogP) is 0.856. The van der Waals surface area contributed by atoms with Crippen molar-refractivity contribution in [1.82, 2.24) is 0 Å². The number of carbonyl (C=O) groups excluding carboxylic acids is 2. The number of hydrogen-bond acceptors (Lipinski definition) is 4. The molecule has 0 fully saturated rings. The van der Waals surface area contributed by atoms with E-state index in [0.29, 0.717) is 0 Å². The molecule has 0 aliphatic heterocycles. The van der Waals surface area contributed by atoms with E-state index in [-0.39, 0.29) is 25.6 Å². The number of ether oxygens (including phenoxy) is 2. The Morgan fingerprint density at radius 2 is 1.93 bits per heavy atom. The summed E-state index contributed by atoms with van der Waals surface area (Å²) in [5, 5.41) is 0. The van der Waals surface area contributed by atoms with Crippen molar-refractivity contribution in [2.24, 2.45) is 0 Å². The second-order valence-corrected chi connectivity index (χ2v) is 2.81. The zero-order valence-electron chi connectivity index (χ0n) is 8.14. The van der Waals surface area contributed by atoms with Crippen LogP contribution in [0.5, 0.6) is 0 Å². The first-order valence-electron chi connectivity index (χ1n) is 4.51. The van der Waals surface area contributed by atoms with E-state index in [9.17, 15) is 9.59 Å². The van der Waals surface area contributed by atoms with Crippen LogP contribution in [0.1, 0.15) is 5.56 Å². The van der Waals surface area contributed by atoms with E-state index in [4.69, 9.17) is 4.74 Å². The molecule has 1 radical (unpaired) electrons. The summed E-state index contributed by atoms with van der Waals surface area (Å²) < 4.78 is 9.06. The fraction of sp³-hybridized carbons (Fsp3) is 0.273. The van der Waals surface area contributed by atoms with E-state index in [1.165, 1.54) is 6.47 Å². The van der Waals surface area contributed by atoms with Crippen molar-refractivity contribution in [1.29, 1.82) is 0 Å². The Bertz CT molecular complexity index is 308. The fourth-order valence-corrected chi connectivity index (χ4v) is 1.05. The average Bonchev–Trinajstić information content (AvgIpc) is 2.26. The summed E-state index contributed by atoms with van der Waals surface area (Å²) >= 11 is 0. The van der Waals surface area contributed by atoms with E-state index in [1.807, 2.05) is 30.3 Å². The average molecular weight is 207 g/mol. The molecule has 1 aromatic carbocycles. The molecule has 0 atom stereocenters. The molecule has 1 rings (SSSR count). The molecule has 0 aliphatic rings. The van der Waals surface area contributed by atoms with Crippen LogP contribution in [-0.2, 0) is 25.5 Å². The van der Waals surface area contributed by atoms with E-state index in [2.05, 4.69) is 4.74 Å². The van der Waals surface area contributed by atoms with Crippen molar-refractivity contribution in [3.8, 4) is 0 Å². The number of carbonyl (C=O) groups is 1. The second-order valence-electron chi connectivity index (χ2n) is 2.81. The Hall–Kier alpha value is -1.84. The van der Waals surface area contributed by atoms with Crippen LogP contribution in [0.3, 0.4) is 0 Å². The van der Waals surface area contributed by atoms with Gasteiger partial charge in [-0.3, -0.25) is 4.79 Å². The van der Waals surface area contributed by atoms with Gasteiger partial charge in [-0.05, 0) is 5.56 Å². The lowest BCUT2D eigenvalue weighted by molar-refractivity contribution is -0.143. The van der Waals surface area contributed by atoms with E-state index in [1.54, 1.807) is 0 Å². The summed E-state index contributed by atoms with van der Waals surface area (Å²) in [6.07, 6.45) is 0.228. The van der Waals surface area contributed by atoms with Crippen LogP contribution in [0.25, 0.3) is 0 Å². The quantitative estimate of drug-likeness (QED) is 0.512. The molecule has 0 heterocycles. The minimum Gasteiger partial charge on any atom is -0.462 e.